The third-order valence-electron chi connectivity index (χ3n) is 6.49. The summed E-state index contributed by atoms with van der Waals surface area (Å²) in [6.07, 6.45) is 0. The van der Waals surface area contributed by atoms with Gasteiger partial charge in [0.25, 0.3) is 0 Å². The Hall–Kier alpha value is -3.29. The number of nitrogens with zero attached hydrogens (tertiary/aromatic N) is 4. The van der Waals surface area contributed by atoms with Gasteiger partial charge in [-0.3, -0.25) is 0 Å². The second-order valence-corrected chi connectivity index (χ2v) is 11.4. The van der Waals surface area contributed by atoms with E-state index in [1.165, 1.54) is 16.4 Å². The van der Waals surface area contributed by atoms with Crippen LogP contribution in [0.4, 0.5) is 22.0 Å². The number of sulfonamides is 1. The molecule has 1 aromatic heterocycles. The van der Waals surface area contributed by atoms with Gasteiger partial charge in [0.2, 0.25) is 10.0 Å². The van der Waals surface area contributed by atoms with Crippen molar-refractivity contribution in [2.45, 2.75) is 11.8 Å². The molecule has 0 spiro atoms. The maximum Gasteiger partial charge on any atom is 0.323 e. The van der Waals surface area contributed by atoms with Crippen LogP contribution in [0.2, 0.25) is 5.15 Å². The van der Waals surface area contributed by atoms with E-state index in [1.807, 2.05) is 19.1 Å². The molecule has 0 unspecified atom stereocenters. The predicted molar refractivity (Wildman–Crippen MR) is 149 cm³/mol. The number of carbonyl (C=O) groups is 1. The summed E-state index contributed by atoms with van der Waals surface area (Å²) in [6.45, 7) is 6.04. The molecular formula is C26H29ClN6O5S. The molecule has 2 saturated heterocycles. The fraction of sp³-hybridized carbons (Fsp3) is 0.346. The summed E-state index contributed by atoms with van der Waals surface area (Å²) in [5.41, 5.74) is 2.61. The number of aromatic nitrogens is 2. The molecule has 39 heavy (non-hydrogen) atoms. The van der Waals surface area contributed by atoms with Gasteiger partial charge in [-0.2, -0.15) is 4.31 Å². The molecule has 2 N–H and O–H groups in total. The average molecular weight is 573 g/mol. The quantitative estimate of drug-likeness (QED) is 0.429. The van der Waals surface area contributed by atoms with Crippen molar-refractivity contribution in [3.8, 4) is 11.4 Å². The molecule has 206 valence electrons. The minimum atomic E-state index is -3.60. The zero-order valence-electron chi connectivity index (χ0n) is 21.4. The monoisotopic (exact) mass is 572 g/mol. The van der Waals surface area contributed by atoms with Gasteiger partial charge in [-0.05, 0) is 55.5 Å². The summed E-state index contributed by atoms with van der Waals surface area (Å²) < 4.78 is 37.6. The zero-order valence-corrected chi connectivity index (χ0v) is 23.0. The second-order valence-electron chi connectivity index (χ2n) is 9.08. The van der Waals surface area contributed by atoms with E-state index in [0.29, 0.717) is 61.9 Å². The number of benzene rings is 2. The van der Waals surface area contributed by atoms with Crippen LogP contribution >= 0.6 is 11.6 Å². The van der Waals surface area contributed by atoms with E-state index in [4.69, 9.17) is 26.1 Å². The van der Waals surface area contributed by atoms with Crippen LogP contribution in [0.25, 0.3) is 11.4 Å². The van der Waals surface area contributed by atoms with Gasteiger partial charge in [0.15, 0.2) is 5.82 Å². The standard InChI is InChI=1S/C26H29ClN6O5S/c1-18-23(27)30-24(31-25(18)32-10-14-37-15-11-32)19-2-4-20(5-3-19)28-26(34)29-21-6-8-22(9-7-21)39(35,36)33-12-16-38-17-13-33/h2-9H,10-17H2,1H3,(H2,28,29,34). The molecule has 2 aliphatic heterocycles. The van der Waals surface area contributed by atoms with E-state index in [0.717, 1.165) is 30.0 Å². The lowest BCUT2D eigenvalue weighted by Gasteiger charge is -2.29. The van der Waals surface area contributed by atoms with Crippen molar-refractivity contribution in [2.24, 2.45) is 0 Å². The lowest BCUT2D eigenvalue weighted by molar-refractivity contribution is 0.0730. The molecular weight excluding hydrogens is 544 g/mol. The molecule has 3 aromatic rings. The van der Waals surface area contributed by atoms with Crippen molar-refractivity contribution in [2.75, 3.05) is 68.1 Å². The van der Waals surface area contributed by atoms with Crippen molar-refractivity contribution in [1.29, 1.82) is 0 Å². The first-order valence-electron chi connectivity index (χ1n) is 12.5. The van der Waals surface area contributed by atoms with Crippen LogP contribution in [0.1, 0.15) is 5.56 Å². The highest BCUT2D eigenvalue weighted by Gasteiger charge is 2.26. The molecule has 0 atom stereocenters. The number of halogens is 1. The molecule has 0 bridgehead atoms. The minimum Gasteiger partial charge on any atom is -0.379 e. The molecule has 2 aliphatic rings. The highest BCUT2D eigenvalue weighted by Crippen LogP contribution is 2.28. The minimum absolute atomic E-state index is 0.168. The molecule has 0 radical (unpaired) electrons. The van der Waals surface area contributed by atoms with Gasteiger partial charge in [0, 0.05) is 48.7 Å². The van der Waals surface area contributed by atoms with Crippen LogP contribution in [0.3, 0.4) is 0 Å². The smallest absolute Gasteiger partial charge is 0.323 e. The van der Waals surface area contributed by atoms with E-state index >= 15 is 0 Å². The fourth-order valence-corrected chi connectivity index (χ4v) is 5.91. The molecule has 5 rings (SSSR count). The lowest BCUT2D eigenvalue weighted by atomic mass is 10.2. The first kappa shape index (κ1) is 27.3. The number of morpholine rings is 2. The summed E-state index contributed by atoms with van der Waals surface area (Å²) in [7, 11) is -3.60. The molecule has 11 nitrogen and oxygen atoms in total. The summed E-state index contributed by atoms with van der Waals surface area (Å²) in [4.78, 5) is 24.0. The van der Waals surface area contributed by atoms with Gasteiger partial charge in [-0.25, -0.2) is 23.2 Å². The summed E-state index contributed by atoms with van der Waals surface area (Å²) in [5.74, 6) is 1.29. The van der Waals surface area contributed by atoms with Crippen molar-refractivity contribution >= 4 is 44.8 Å². The Morgan fingerprint density at radius 2 is 1.38 bits per heavy atom. The van der Waals surface area contributed by atoms with E-state index in [1.54, 1.807) is 24.3 Å². The lowest BCUT2D eigenvalue weighted by Crippen LogP contribution is -2.40. The average Bonchev–Trinajstić information content (AvgIpc) is 2.96. The first-order chi connectivity index (χ1) is 18.8. The molecule has 0 saturated carbocycles. The Bertz CT molecular complexity index is 1420. The number of amides is 2. The summed E-state index contributed by atoms with van der Waals surface area (Å²) >= 11 is 6.42. The van der Waals surface area contributed by atoms with Crippen LogP contribution in [0.5, 0.6) is 0 Å². The van der Waals surface area contributed by atoms with Crippen LogP contribution in [0, 0.1) is 6.92 Å². The third-order valence-corrected chi connectivity index (χ3v) is 8.77. The molecule has 2 amide bonds. The van der Waals surface area contributed by atoms with E-state index in [9.17, 15) is 13.2 Å². The SMILES string of the molecule is Cc1c(Cl)nc(-c2ccc(NC(=O)Nc3ccc(S(=O)(=O)N4CCOCC4)cc3)cc2)nc1N1CCOCC1. The molecule has 13 heteroatoms. The molecule has 3 heterocycles. The third kappa shape index (κ3) is 6.31. The van der Waals surface area contributed by atoms with Crippen molar-refractivity contribution in [3.63, 3.8) is 0 Å². The number of carbonyl (C=O) groups excluding carboxylic acids is 1. The number of urea groups is 1. The predicted octanol–water partition coefficient (Wildman–Crippen LogP) is 3.61. The Kier molecular flexibility index (Phi) is 8.29. The van der Waals surface area contributed by atoms with Crippen LogP contribution < -0.4 is 15.5 Å². The largest absolute Gasteiger partial charge is 0.379 e. The first-order valence-corrected chi connectivity index (χ1v) is 14.4. The van der Waals surface area contributed by atoms with Crippen LogP contribution in [0.15, 0.2) is 53.4 Å². The summed E-state index contributed by atoms with van der Waals surface area (Å²) in [6, 6.07) is 12.7. The number of nitrogens with one attached hydrogen (secondary N) is 2. The number of ether oxygens (including phenoxy) is 2. The molecule has 0 aliphatic carbocycles. The van der Waals surface area contributed by atoms with Crippen molar-refractivity contribution in [3.05, 3.63) is 59.2 Å². The van der Waals surface area contributed by atoms with E-state index < -0.39 is 16.1 Å². The summed E-state index contributed by atoms with van der Waals surface area (Å²) in [5, 5.41) is 5.88. The van der Waals surface area contributed by atoms with Gasteiger partial charge >= 0.3 is 6.03 Å². The van der Waals surface area contributed by atoms with Gasteiger partial charge in [0.1, 0.15) is 11.0 Å². The van der Waals surface area contributed by atoms with Crippen molar-refractivity contribution < 1.29 is 22.7 Å². The molecule has 2 fully saturated rings. The number of hydrogen-bond donors (Lipinski definition) is 2. The Labute approximate surface area is 232 Å². The normalized spacial score (nSPS) is 16.6. The van der Waals surface area contributed by atoms with Crippen LogP contribution in [-0.2, 0) is 19.5 Å². The van der Waals surface area contributed by atoms with Gasteiger partial charge in [-0.1, -0.05) is 11.6 Å². The van der Waals surface area contributed by atoms with Crippen LogP contribution in [-0.4, -0.2) is 81.3 Å². The number of anilines is 3. The maximum atomic E-state index is 12.8. The zero-order chi connectivity index (χ0) is 27.4. The number of hydrogen-bond acceptors (Lipinski definition) is 8. The highest BCUT2D eigenvalue weighted by molar-refractivity contribution is 7.89. The van der Waals surface area contributed by atoms with Gasteiger partial charge < -0.3 is 25.0 Å². The Balaban J connectivity index is 1.22. The van der Waals surface area contributed by atoms with Crippen molar-refractivity contribution in [1.82, 2.24) is 14.3 Å². The second kappa shape index (κ2) is 11.8. The number of rotatable bonds is 6. The van der Waals surface area contributed by atoms with E-state index in [-0.39, 0.29) is 4.90 Å². The Morgan fingerprint density at radius 1 is 0.846 bits per heavy atom. The Morgan fingerprint density at radius 3 is 1.97 bits per heavy atom. The van der Waals surface area contributed by atoms with E-state index in [2.05, 4.69) is 20.5 Å². The topological polar surface area (TPSA) is 126 Å². The fourth-order valence-electron chi connectivity index (χ4n) is 4.33. The highest BCUT2D eigenvalue weighted by atomic mass is 35.5. The van der Waals surface area contributed by atoms with Gasteiger partial charge in [0.05, 0.1) is 31.3 Å². The molecule has 2 aromatic carbocycles. The van der Waals surface area contributed by atoms with Gasteiger partial charge in [-0.15, -0.1) is 0 Å². The maximum absolute atomic E-state index is 12.8.